The van der Waals surface area contributed by atoms with Crippen LogP contribution in [0.3, 0.4) is 0 Å². The third kappa shape index (κ3) is 6.18. The van der Waals surface area contributed by atoms with Gasteiger partial charge in [0.05, 0.1) is 6.10 Å². The lowest BCUT2D eigenvalue weighted by atomic mass is 10.1. The van der Waals surface area contributed by atoms with Crippen LogP contribution in [0.15, 0.2) is 49.1 Å². The molecule has 0 unspecified atom stereocenters. The average Bonchev–Trinajstić information content (AvgIpc) is 3.39. The number of hydrogen-bond acceptors (Lipinski definition) is 5. The van der Waals surface area contributed by atoms with Crippen LogP contribution in [-0.4, -0.2) is 42.2 Å². The van der Waals surface area contributed by atoms with Crippen molar-refractivity contribution >= 4 is 17.8 Å². The van der Waals surface area contributed by atoms with Gasteiger partial charge in [0.1, 0.15) is 12.4 Å². The molecule has 31 heavy (non-hydrogen) atoms. The van der Waals surface area contributed by atoms with Gasteiger partial charge < -0.3 is 18.8 Å². The smallest absolute Gasteiger partial charge is 0.331 e. The zero-order chi connectivity index (χ0) is 22.2. The standard InChI is InChI=1S/C25H29NO5/c1-4-13-29-21-10-7-20(8-11-21)9-12-25(28)31-17-24(27)23-15-18(2)26(19(23)3)16-22-6-5-14-30-22/h4,7-12,15,22H,1,5-6,13-14,16-17H2,2-3H3/b12-9+/t22-/m0/s1. The van der Waals surface area contributed by atoms with Gasteiger partial charge in [0, 0.05) is 36.2 Å². The minimum Gasteiger partial charge on any atom is -0.490 e. The van der Waals surface area contributed by atoms with Crippen LogP contribution in [0.4, 0.5) is 0 Å². The number of ether oxygens (including phenoxy) is 3. The Balaban J connectivity index is 1.52. The zero-order valence-electron chi connectivity index (χ0n) is 18.1. The molecule has 164 valence electrons. The molecule has 3 rings (SSSR count). The SMILES string of the molecule is C=CCOc1ccc(/C=C/C(=O)OCC(=O)c2cc(C)n(C[C@@H]3CCCO3)c2C)cc1. The minimum atomic E-state index is -0.562. The quantitative estimate of drug-likeness (QED) is 0.247. The first-order valence-electron chi connectivity index (χ1n) is 10.5. The molecule has 1 aliphatic heterocycles. The Kier molecular flexibility index (Phi) is 7.84. The van der Waals surface area contributed by atoms with E-state index in [0.29, 0.717) is 12.2 Å². The number of ketones is 1. The first-order valence-corrected chi connectivity index (χ1v) is 10.5. The Labute approximate surface area is 183 Å². The lowest BCUT2D eigenvalue weighted by Gasteiger charge is -2.14. The highest BCUT2D eigenvalue weighted by molar-refractivity contribution is 6.00. The third-order valence-electron chi connectivity index (χ3n) is 5.29. The maximum Gasteiger partial charge on any atom is 0.331 e. The van der Waals surface area contributed by atoms with Crippen LogP contribution >= 0.6 is 0 Å². The summed E-state index contributed by atoms with van der Waals surface area (Å²) in [5.74, 6) is -0.0482. The van der Waals surface area contributed by atoms with Crippen molar-refractivity contribution in [3.63, 3.8) is 0 Å². The van der Waals surface area contributed by atoms with Gasteiger partial charge in [-0.05, 0) is 56.5 Å². The lowest BCUT2D eigenvalue weighted by molar-refractivity contribution is -0.136. The van der Waals surface area contributed by atoms with Crippen molar-refractivity contribution in [2.75, 3.05) is 19.8 Å². The number of hydrogen-bond donors (Lipinski definition) is 0. The summed E-state index contributed by atoms with van der Waals surface area (Å²) in [5.41, 5.74) is 3.29. The Morgan fingerprint density at radius 2 is 2.03 bits per heavy atom. The van der Waals surface area contributed by atoms with Crippen LogP contribution < -0.4 is 4.74 Å². The maximum absolute atomic E-state index is 12.6. The summed E-state index contributed by atoms with van der Waals surface area (Å²) in [6.07, 6.45) is 6.93. The fourth-order valence-electron chi connectivity index (χ4n) is 3.61. The van der Waals surface area contributed by atoms with E-state index in [4.69, 9.17) is 14.2 Å². The van der Waals surface area contributed by atoms with Gasteiger partial charge in [-0.3, -0.25) is 4.79 Å². The molecule has 1 aromatic heterocycles. The Hall–Kier alpha value is -3.12. The summed E-state index contributed by atoms with van der Waals surface area (Å²) < 4.78 is 18.4. The number of aromatic nitrogens is 1. The van der Waals surface area contributed by atoms with Crippen molar-refractivity contribution in [2.24, 2.45) is 0 Å². The lowest BCUT2D eigenvalue weighted by Crippen LogP contribution is -2.18. The summed E-state index contributed by atoms with van der Waals surface area (Å²) >= 11 is 0. The highest BCUT2D eigenvalue weighted by Crippen LogP contribution is 2.21. The van der Waals surface area contributed by atoms with Crippen molar-refractivity contribution in [1.29, 1.82) is 0 Å². The van der Waals surface area contributed by atoms with Gasteiger partial charge in [-0.1, -0.05) is 24.8 Å². The van der Waals surface area contributed by atoms with Gasteiger partial charge in [0.25, 0.3) is 0 Å². The fourth-order valence-corrected chi connectivity index (χ4v) is 3.61. The number of nitrogens with zero attached hydrogens (tertiary/aromatic N) is 1. The Morgan fingerprint density at radius 3 is 2.71 bits per heavy atom. The minimum absolute atomic E-state index is 0.193. The molecule has 0 bridgehead atoms. The van der Waals surface area contributed by atoms with Crippen LogP contribution in [-0.2, 0) is 20.8 Å². The van der Waals surface area contributed by atoms with Crippen LogP contribution in [0, 0.1) is 13.8 Å². The molecule has 1 fully saturated rings. The molecule has 0 amide bonds. The molecule has 1 saturated heterocycles. The van der Waals surface area contributed by atoms with E-state index in [-0.39, 0.29) is 18.5 Å². The first kappa shape index (κ1) is 22.6. The molecule has 0 saturated carbocycles. The van der Waals surface area contributed by atoms with Crippen molar-refractivity contribution in [2.45, 2.75) is 39.3 Å². The predicted molar refractivity (Wildman–Crippen MR) is 119 cm³/mol. The van der Waals surface area contributed by atoms with E-state index in [1.165, 1.54) is 6.08 Å². The molecule has 6 heteroatoms. The fraction of sp³-hybridized carbons (Fsp3) is 0.360. The largest absolute Gasteiger partial charge is 0.490 e. The molecular formula is C25H29NO5. The highest BCUT2D eigenvalue weighted by Gasteiger charge is 2.21. The third-order valence-corrected chi connectivity index (χ3v) is 5.29. The van der Waals surface area contributed by atoms with Gasteiger partial charge in [0.2, 0.25) is 5.78 Å². The van der Waals surface area contributed by atoms with Crippen molar-refractivity contribution in [3.05, 3.63) is 71.6 Å². The van der Waals surface area contributed by atoms with Crippen LogP contribution in [0.5, 0.6) is 5.75 Å². The van der Waals surface area contributed by atoms with E-state index >= 15 is 0 Å². The summed E-state index contributed by atoms with van der Waals surface area (Å²) in [5, 5.41) is 0. The van der Waals surface area contributed by atoms with E-state index in [0.717, 1.165) is 48.7 Å². The molecule has 2 heterocycles. The van der Waals surface area contributed by atoms with Crippen LogP contribution in [0.25, 0.3) is 6.08 Å². The second-order valence-corrected chi connectivity index (χ2v) is 7.56. The van der Waals surface area contributed by atoms with Gasteiger partial charge in [-0.25, -0.2) is 4.79 Å². The summed E-state index contributed by atoms with van der Waals surface area (Å²) in [4.78, 5) is 24.6. The second kappa shape index (κ2) is 10.8. The summed E-state index contributed by atoms with van der Waals surface area (Å²) in [6, 6.07) is 9.13. The Bertz CT molecular complexity index is 949. The predicted octanol–water partition coefficient (Wildman–Crippen LogP) is 4.29. The molecule has 1 aliphatic rings. The number of rotatable bonds is 10. The van der Waals surface area contributed by atoms with E-state index in [1.54, 1.807) is 12.2 Å². The monoisotopic (exact) mass is 423 g/mol. The number of esters is 1. The molecule has 0 radical (unpaired) electrons. The number of aryl methyl sites for hydroxylation is 1. The highest BCUT2D eigenvalue weighted by atomic mass is 16.5. The van der Waals surface area contributed by atoms with Gasteiger partial charge >= 0.3 is 5.97 Å². The molecule has 1 aromatic carbocycles. The molecule has 2 aromatic rings. The van der Waals surface area contributed by atoms with E-state index in [2.05, 4.69) is 11.1 Å². The van der Waals surface area contributed by atoms with Crippen LogP contribution in [0.1, 0.15) is 40.2 Å². The van der Waals surface area contributed by atoms with Crippen molar-refractivity contribution in [1.82, 2.24) is 4.57 Å². The number of carbonyl (C=O) groups excluding carboxylic acids is 2. The van der Waals surface area contributed by atoms with E-state index in [1.807, 2.05) is 44.2 Å². The number of carbonyl (C=O) groups is 2. The van der Waals surface area contributed by atoms with Gasteiger partial charge in [-0.15, -0.1) is 0 Å². The maximum atomic E-state index is 12.6. The van der Waals surface area contributed by atoms with Gasteiger partial charge in [-0.2, -0.15) is 0 Å². The molecule has 6 nitrogen and oxygen atoms in total. The normalized spacial score (nSPS) is 15.9. The zero-order valence-corrected chi connectivity index (χ0v) is 18.1. The average molecular weight is 424 g/mol. The molecule has 0 aliphatic carbocycles. The van der Waals surface area contributed by atoms with E-state index < -0.39 is 5.97 Å². The first-order chi connectivity index (χ1) is 15.0. The van der Waals surface area contributed by atoms with Gasteiger partial charge in [0.15, 0.2) is 6.61 Å². The topological polar surface area (TPSA) is 66.8 Å². The molecular weight excluding hydrogens is 394 g/mol. The molecule has 0 N–H and O–H groups in total. The van der Waals surface area contributed by atoms with E-state index in [9.17, 15) is 9.59 Å². The molecule has 1 atom stereocenters. The second-order valence-electron chi connectivity index (χ2n) is 7.56. The Morgan fingerprint density at radius 1 is 1.26 bits per heavy atom. The summed E-state index contributed by atoms with van der Waals surface area (Å²) in [7, 11) is 0. The van der Waals surface area contributed by atoms with Crippen LogP contribution in [0.2, 0.25) is 0 Å². The molecule has 0 spiro atoms. The van der Waals surface area contributed by atoms with Crippen molar-refractivity contribution < 1.29 is 23.8 Å². The summed E-state index contributed by atoms with van der Waals surface area (Å²) in [6.45, 7) is 9.18. The number of Topliss-reactive ketones (excluding diaryl/α,β-unsaturated/α-hetero) is 1. The number of benzene rings is 1. The van der Waals surface area contributed by atoms with Crippen molar-refractivity contribution in [3.8, 4) is 5.75 Å².